The lowest BCUT2D eigenvalue weighted by Crippen LogP contribution is -1.93. The quantitative estimate of drug-likeness (QED) is 0.735. The molecule has 20 heavy (non-hydrogen) atoms. The molecular formula is C15H12BrN3O. The van der Waals surface area contributed by atoms with E-state index in [1.807, 2.05) is 54.7 Å². The van der Waals surface area contributed by atoms with Crippen LogP contribution in [0.3, 0.4) is 0 Å². The van der Waals surface area contributed by atoms with Crippen LogP contribution in [0.1, 0.15) is 0 Å². The highest BCUT2D eigenvalue weighted by Crippen LogP contribution is 2.21. The summed E-state index contributed by atoms with van der Waals surface area (Å²) in [6, 6.07) is 15.7. The SMILES string of the molecule is COc1ccc(-c2cn(-c3ccc(Br)cc3)nn2)cc1. The molecule has 0 N–H and O–H groups in total. The molecule has 0 amide bonds. The fourth-order valence-electron chi connectivity index (χ4n) is 1.88. The van der Waals surface area contributed by atoms with Gasteiger partial charge in [-0.2, -0.15) is 0 Å². The van der Waals surface area contributed by atoms with Gasteiger partial charge in [-0.25, -0.2) is 4.68 Å². The first kappa shape index (κ1) is 12.9. The summed E-state index contributed by atoms with van der Waals surface area (Å²) >= 11 is 3.42. The van der Waals surface area contributed by atoms with E-state index in [2.05, 4.69) is 26.2 Å². The van der Waals surface area contributed by atoms with Crippen LogP contribution in [0.4, 0.5) is 0 Å². The van der Waals surface area contributed by atoms with Gasteiger partial charge in [-0.15, -0.1) is 5.10 Å². The lowest BCUT2D eigenvalue weighted by Gasteiger charge is -2.00. The van der Waals surface area contributed by atoms with Gasteiger partial charge >= 0.3 is 0 Å². The van der Waals surface area contributed by atoms with Crippen LogP contribution in [0.2, 0.25) is 0 Å². The second kappa shape index (κ2) is 5.46. The minimum atomic E-state index is 0.828. The first-order chi connectivity index (χ1) is 9.76. The summed E-state index contributed by atoms with van der Waals surface area (Å²) in [6.45, 7) is 0. The third-order valence-corrected chi connectivity index (χ3v) is 3.50. The molecule has 3 aromatic rings. The number of benzene rings is 2. The van der Waals surface area contributed by atoms with Crippen LogP contribution in [0.5, 0.6) is 5.75 Å². The van der Waals surface area contributed by atoms with Gasteiger partial charge in [0.05, 0.1) is 19.0 Å². The molecule has 0 aliphatic rings. The predicted molar refractivity (Wildman–Crippen MR) is 81.0 cm³/mol. The zero-order valence-electron chi connectivity index (χ0n) is 10.8. The number of halogens is 1. The lowest BCUT2D eigenvalue weighted by molar-refractivity contribution is 0.415. The number of aromatic nitrogens is 3. The predicted octanol–water partition coefficient (Wildman–Crippen LogP) is 3.71. The van der Waals surface area contributed by atoms with Crippen LogP contribution >= 0.6 is 15.9 Å². The Morgan fingerprint density at radius 1 is 1.00 bits per heavy atom. The third-order valence-electron chi connectivity index (χ3n) is 2.97. The van der Waals surface area contributed by atoms with E-state index < -0.39 is 0 Å². The maximum atomic E-state index is 5.15. The van der Waals surface area contributed by atoms with E-state index in [0.29, 0.717) is 0 Å². The summed E-state index contributed by atoms with van der Waals surface area (Å²) in [5, 5.41) is 8.36. The van der Waals surface area contributed by atoms with Crippen LogP contribution in [-0.4, -0.2) is 22.1 Å². The van der Waals surface area contributed by atoms with Crippen molar-refractivity contribution >= 4 is 15.9 Å². The van der Waals surface area contributed by atoms with Gasteiger partial charge < -0.3 is 4.74 Å². The molecule has 0 unspecified atom stereocenters. The molecule has 0 saturated heterocycles. The molecule has 0 bridgehead atoms. The van der Waals surface area contributed by atoms with Crippen molar-refractivity contribution in [2.45, 2.75) is 0 Å². The van der Waals surface area contributed by atoms with E-state index in [1.54, 1.807) is 11.8 Å². The van der Waals surface area contributed by atoms with E-state index in [9.17, 15) is 0 Å². The molecular weight excluding hydrogens is 318 g/mol. The Kier molecular flexibility index (Phi) is 3.52. The molecule has 1 heterocycles. The number of rotatable bonds is 3. The summed E-state index contributed by atoms with van der Waals surface area (Å²) in [5.41, 5.74) is 2.81. The summed E-state index contributed by atoms with van der Waals surface area (Å²) in [6.07, 6.45) is 1.91. The number of methoxy groups -OCH3 is 1. The van der Waals surface area contributed by atoms with Crippen LogP contribution in [0.15, 0.2) is 59.2 Å². The molecule has 2 aromatic carbocycles. The van der Waals surface area contributed by atoms with Crippen LogP contribution in [0, 0.1) is 0 Å². The van der Waals surface area contributed by atoms with E-state index in [4.69, 9.17) is 4.74 Å². The summed E-state index contributed by atoms with van der Waals surface area (Å²) in [5.74, 6) is 0.828. The van der Waals surface area contributed by atoms with Gasteiger partial charge in [-0.1, -0.05) is 21.1 Å². The van der Waals surface area contributed by atoms with Crippen molar-refractivity contribution in [1.29, 1.82) is 0 Å². The molecule has 5 heteroatoms. The second-order valence-electron chi connectivity index (χ2n) is 4.25. The topological polar surface area (TPSA) is 39.9 Å². The van der Waals surface area contributed by atoms with Crippen molar-refractivity contribution in [2.24, 2.45) is 0 Å². The standard InChI is InChI=1S/C15H12BrN3O/c1-20-14-8-2-11(3-9-14)15-10-19(18-17-15)13-6-4-12(16)5-7-13/h2-10H,1H3. The molecule has 0 aliphatic carbocycles. The van der Waals surface area contributed by atoms with Crippen LogP contribution in [-0.2, 0) is 0 Å². The molecule has 0 aliphatic heterocycles. The minimum Gasteiger partial charge on any atom is -0.497 e. The highest BCUT2D eigenvalue weighted by atomic mass is 79.9. The average Bonchev–Trinajstić information content (AvgIpc) is 2.98. The van der Waals surface area contributed by atoms with Crippen molar-refractivity contribution in [1.82, 2.24) is 15.0 Å². The van der Waals surface area contributed by atoms with Gasteiger partial charge in [-0.3, -0.25) is 0 Å². The normalized spacial score (nSPS) is 10.5. The minimum absolute atomic E-state index is 0.828. The molecule has 1 aromatic heterocycles. The van der Waals surface area contributed by atoms with Gasteiger partial charge in [0, 0.05) is 10.0 Å². The molecule has 0 saturated carbocycles. The monoisotopic (exact) mass is 329 g/mol. The second-order valence-corrected chi connectivity index (χ2v) is 5.17. The first-order valence-electron chi connectivity index (χ1n) is 6.09. The summed E-state index contributed by atoms with van der Waals surface area (Å²) in [7, 11) is 1.65. The average molecular weight is 330 g/mol. The maximum absolute atomic E-state index is 5.15. The number of hydrogen-bond acceptors (Lipinski definition) is 3. The number of ether oxygens (including phenoxy) is 1. The van der Waals surface area contributed by atoms with Gasteiger partial charge in [-0.05, 0) is 48.5 Å². The Balaban J connectivity index is 1.91. The Hall–Kier alpha value is -2.14. The number of nitrogens with zero attached hydrogens (tertiary/aromatic N) is 3. The van der Waals surface area contributed by atoms with Crippen LogP contribution < -0.4 is 4.74 Å². The largest absolute Gasteiger partial charge is 0.497 e. The van der Waals surface area contributed by atoms with E-state index in [1.165, 1.54) is 0 Å². The highest BCUT2D eigenvalue weighted by Gasteiger charge is 2.05. The van der Waals surface area contributed by atoms with E-state index in [-0.39, 0.29) is 0 Å². The molecule has 0 spiro atoms. The Bertz CT molecular complexity index is 705. The van der Waals surface area contributed by atoms with Gasteiger partial charge in [0.2, 0.25) is 0 Å². The zero-order chi connectivity index (χ0) is 13.9. The van der Waals surface area contributed by atoms with Gasteiger partial charge in [0.1, 0.15) is 11.4 Å². The van der Waals surface area contributed by atoms with Crippen molar-refractivity contribution in [2.75, 3.05) is 7.11 Å². The maximum Gasteiger partial charge on any atom is 0.118 e. The van der Waals surface area contributed by atoms with Crippen molar-refractivity contribution in [3.63, 3.8) is 0 Å². The number of hydrogen-bond donors (Lipinski definition) is 0. The summed E-state index contributed by atoms with van der Waals surface area (Å²) < 4.78 is 7.94. The molecule has 0 fully saturated rings. The van der Waals surface area contributed by atoms with Crippen LogP contribution in [0.25, 0.3) is 16.9 Å². The Morgan fingerprint density at radius 2 is 1.70 bits per heavy atom. The van der Waals surface area contributed by atoms with Crippen molar-refractivity contribution in [3.05, 3.63) is 59.2 Å². The third kappa shape index (κ3) is 2.58. The first-order valence-corrected chi connectivity index (χ1v) is 6.88. The Labute approximate surface area is 125 Å². The zero-order valence-corrected chi connectivity index (χ0v) is 12.4. The fourth-order valence-corrected chi connectivity index (χ4v) is 2.14. The molecule has 4 nitrogen and oxygen atoms in total. The Morgan fingerprint density at radius 3 is 2.35 bits per heavy atom. The van der Waals surface area contributed by atoms with Crippen molar-refractivity contribution < 1.29 is 4.74 Å². The smallest absolute Gasteiger partial charge is 0.118 e. The van der Waals surface area contributed by atoms with Gasteiger partial charge in [0.15, 0.2) is 0 Å². The van der Waals surface area contributed by atoms with Gasteiger partial charge in [0.25, 0.3) is 0 Å². The van der Waals surface area contributed by atoms with E-state index >= 15 is 0 Å². The lowest BCUT2D eigenvalue weighted by atomic mass is 10.1. The molecule has 0 atom stereocenters. The molecule has 100 valence electrons. The molecule has 0 radical (unpaired) electrons. The van der Waals surface area contributed by atoms with E-state index in [0.717, 1.165) is 27.2 Å². The fraction of sp³-hybridized carbons (Fsp3) is 0.0667. The summed E-state index contributed by atoms with van der Waals surface area (Å²) in [4.78, 5) is 0. The highest BCUT2D eigenvalue weighted by molar-refractivity contribution is 9.10. The molecule has 3 rings (SSSR count). The van der Waals surface area contributed by atoms with Crippen molar-refractivity contribution in [3.8, 4) is 22.7 Å².